The maximum Gasteiger partial charge on any atom is 0.279 e. The smallest absolute Gasteiger partial charge is 0.258 e. The minimum Gasteiger partial charge on any atom is -0.258 e. The number of non-ortho nitro benzene ring substituents is 1. The SMILES string of the molecule is CSC(C)(Cc1ccc([N+](=O)[O-])cc1[N+](=O)[O-])SC. The quantitative estimate of drug-likeness (QED) is 0.454. The van der Waals surface area contributed by atoms with Crippen molar-refractivity contribution in [1.82, 2.24) is 0 Å². The van der Waals surface area contributed by atoms with E-state index < -0.39 is 9.85 Å². The largest absolute Gasteiger partial charge is 0.279 e. The van der Waals surface area contributed by atoms with Crippen LogP contribution in [0.25, 0.3) is 0 Å². The van der Waals surface area contributed by atoms with Crippen molar-refractivity contribution in [2.24, 2.45) is 0 Å². The zero-order chi connectivity index (χ0) is 14.6. The van der Waals surface area contributed by atoms with Crippen molar-refractivity contribution < 1.29 is 9.85 Å². The number of rotatable bonds is 6. The Labute approximate surface area is 119 Å². The molecule has 1 aromatic carbocycles. The summed E-state index contributed by atoms with van der Waals surface area (Å²) < 4.78 is -0.194. The molecule has 0 radical (unpaired) electrons. The topological polar surface area (TPSA) is 86.3 Å². The number of thioether (sulfide) groups is 2. The Morgan fingerprint density at radius 3 is 2.16 bits per heavy atom. The van der Waals surface area contributed by atoms with E-state index in [0.29, 0.717) is 12.0 Å². The fourth-order valence-electron chi connectivity index (χ4n) is 1.56. The van der Waals surface area contributed by atoms with Gasteiger partial charge in [0.25, 0.3) is 11.4 Å². The van der Waals surface area contributed by atoms with Crippen LogP contribution in [0, 0.1) is 20.2 Å². The maximum absolute atomic E-state index is 11.0. The van der Waals surface area contributed by atoms with Crippen LogP contribution in [0.1, 0.15) is 12.5 Å². The fraction of sp³-hybridized carbons (Fsp3) is 0.455. The Hall–Kier alpha value is -1.28. The van der Waals surface area contributed by atoms with Gasteiger partial charge in [0.2, 0.25) is 0 Å². The van der Waals surface area contributed by atoms with Crippen molar-refractivity contribution in [3.63, 3.8) is 0 Å². The first-order valence-corrected chi connectivity index (χ1v) is 7.80. The number of nitro benzene ring substituents is 2. The Kier molecular flexibility index (Phi) is 5.19. The predicted octanol–water partition coefficient (Wildman–Crippen LogP) is 3.49. The average molecular weight is 302 g/mol. The summed E-state index contributed by atoms with van der Waals surface area (Å²) in [6.07, 6.45) is 4.35. The van der Waals surface area contributed by atoms with Crippen LogP contribution in [0.15, 0.2) is 18.2 Å². The molecule has 19 heavy (non-hydrogen) atoms. The van der Waals surface area contributed by atoms with E-state index in [-0.39, 0.29) is 15.5 Å². The van der Waals surface area contributed by atoms with Gasteiger partial charge in [0.15, 0.2) is 0 Å². The van der Waals surface area contributed by atoms with Gasteiger partial charge in [0.05, 0.1) is 20.0 Å². The molecule has 104 valence electrons. The summed E-state index contributed by atoms with van der Waals surface area (Å²) >= 11 is 3.21. The van der Waals surface area contributed by atoms with Crippen LogP contribution in [-0.4, -0.2) is 26.4 Å². The van der Waals surface area contributed by atoms with Crippen molar-refractivity contribution >= 4 is 34.9 Å². The van der Waals surface area contributed by atoms with Gasteiger partial charge in [-0.1, -0.05) is 0 Å². The molecule has 0 aliphatic heterocycles. The second-order valence-corrected chi connectivity index (χ2v) is 6.92. The number of nitro groups is 2. The Balaban J connectivity index is 3.21. The molecule has 0 aliphatic carbocycles. The summed E-state index contributed by atoms with van der Waals surface area (Å²) in [6, 6.07) is 3.81. The second-order valence-electron chi connectivity index (χ2n) is 4.05. The monoisotopic (exact) mass is 302 g/mol. The van der Waals surface area contributed by atoms with Gasteiger partial charge < -0.3 is 0 Å². The van der Waals surface area contributed by atoms with Crippen LogP contribution >= 0.6 is 23.5 Å². The van der Waals surface area contributed by atoms with Crippen molar-refractivity contribution in [3.8, 4) is 0 Å². The van der Waals surface area contributed by atoms with E-state index in [1.54, 1.807) is 23.5 Å². The van der Waals surface area contributed by atoms with Crippen LogP contribution in [-0.2, 0) is 6.42 Å². The van der Waals surface area contributed by atoms with Gasteiger partial charge in [0.1, 0.15) is 0 Å². The van der Waals surface area contributed by atoms with E-state index in [1.807, 2.05) is 19.4 Å². The summed E-state index contributed by atoms with van der Waals surface area (Å²) in [6.45, 7) is 1.99. The summed E-state index contributed by atoms with van der Waals surface area (Å²) in [7, 11) is 0. The molecule has 0 N–H and O–H groups in total. The van der Waals surface area contributed by atoms with E-state index >= 15 is 0 Å². The van der Waals surface area contributed by atoms with E-state index in [9.17, 15) is 20.2 Å². The number of hydrogen-bond donors (Lipinski definition) is 0. The molecule has 0 amide bonds. The molecule has 0 spiro atoms. The Bertz CT molecular complexity index is 503. The van der Waals surface area contributed by atoms with E-state index in [4.69, 9.17) is 0 Å². The first-order valence-electron chi connectivity index (χ1n) is 5.35. The van der Waals surface area contributed by atoms with Crippen LogP contribution < -0.4 is 0 Å². The lowest BCUT2D eigenvalue weighted by Crippen LogP contribution is -2.18. The molecule has 0 fully saturated rings. The molecule has 1 aromatic rings. The van der Waals surface area contributed by atoms with Crippen molar-refractivity contribution in [2.45, 2.75) is 17.4 Å². The third kappa shape index (κ3) is 3.84. The highest BCUT2D eigenvalue weighted by Gasteiger charge is 2.28. The van der Waals surface area contributed by atoms with Gasteiger partial charge in [-0.25, -0.2) is 0 Å². The van der Waals surface area contributed by atoms with Gasteiger partial charge in [-0.05, 0) is 25.5 Å². The molecule has 0 saturated heterocycles. The number of hydrogen-bond acceptors (Lipinski definition) is 6. The highest BCUT2D eigenvalue weighted by molar-refractivity contribution is 8.17. The normalized spacial score (nSPS) is 11.3. The molecule has 0 atom stereocenters. The second kappa shape index (κ2) is 6.25. The minimum absolute atomic E-state index is 0.191. The molecule has 8 heteroatoms. The lowest BCUT2D eigenvalue weighted by molar-refractivity contribution is -0.394. The van der Waals surface area contributed by atoms with Gasteiger partial charge in [-0.15, -0.1) is 23.5 Å². The Morgan fingerprint density at radius 1 is 1.16 bits per heavy atom. The lowest BCUT2D eigenvalue weighted by atomic mass is 10.1. The molecule has 6 nitrogen and oxygen atoms in total. The third-order valence-corrected chi connectivity index (χ3v) is 5.87. The van der Waals surface area contributed by atoms with Crippen molar-refractivity contribution in [3.05, 3.63) is 44.0 Å². The molecule has 0 saturated carbocycles. The predicted molar refractivity (Wildman–Crippen MR) is 78.9 cm³/mol. The van der Waals surface area contributed by atoms with Crippen LogP contribution in [0.5, 0.6) is 0 Å². The summed E-state index contributed by atoms with van der Waals surface area (Å²) in [5.74, 6) is 0. The van der Waals surface area contributed by atoms with E-state index in [1.165, 1.54) is 12.1 Å². The Morgan fingerprint density at radius 2 is 1.74 bits per heavy atom. The summed E-state index contributed by atoms with van der Waals surface area (Å²) in [5, 5.41) is 21.7. The van der Waals surface area contributed by atoms with E-state index in [0.717, 1.165) is 6.07 Å². The average Bonchev–Trinajstić information content (AvgIpc) is 2.38. The van der Waals surface area contributed by atoms with Crippen LogP contribution in [0.2, 0.25) is 0 Å². The summed E-state index contributed by atoms with van der Waals surface area (Å²) in [4.78, 5) is 20.5. The number of nitrogens with zero attached hydrogens (tertiary/aromatic N) is 2. The van der Waals surface area contributed by atoms with Gasteiger partial charge in [0, 0.05) is 18.1 Å². The highest BCUT2D eigenvalue weighted by atomic mass is 32.2. The van der Waals surface area contributed by atoms with Crippen LogP contribution in [0.4, 0.5) is 11.4 Å². The van der Waals surface area contributed by atoms with Gasteiger partial charge >= 0.3 is 0 Å². The maximum atomic E-state index is 11.0. The zero-order valence-corrected chi connectivity index (χ0v) is 12.4. The third-order valence-electron chi connectivity index (χ3n) is 2.85. The molecule has 0 heterocycles. The molecular formula is C11H14N2O4S2. The summed E-state index contributed by atoms with van der Waals surface area (Å²) in [5.41, 5.74) is 0.0655. The standard InChI is InChI=1S/C11H14N2O4S2/c1-11(18-2,19-3)7-8-4-5-9(12(14)15)6-10(8)13(16)17/h4-6H,7H2,1-3H3. The van der Waals surface area contributed by atoms with Crippen LogP contribution in [0.3, 0.4) is 0 Å². The number of benzene rings is 1. The highest BCUT2D eigenvalue weighted by Crippen LogP contribution is 2.39. The van der Waals surface area contributed by atoms with Crippen molar-refractivity contribution in [1.29, 1.82) is 0 Å². The van der Waals surface area contributed by atoms with Gasteiger partial charge in [-0.2, -0.15) is 0 Å². The van der Waals surface area contributed by atoms with Gasteiger partial charge in [-0.3, -0.25) is 20.2 Å². The minimum atomic E-state index is -0.626. The molecule has 0 aliphatic rings. The van der Waals surface area contributed by atoms with E-state index in [2.05, 4.69) is 0 Å². The lowest BCUT2D eigenvalue weighted by Gasteiger charge is -2.24. The molecular weight excluding hydrogens is 288 g/mol. The van der Waals surface area contributed by atoms with Crippen molar-refractivity contribution in [2.75, 3.05) is 12.5 Å². The zero-order valence-electron chi connectivity index (χ0n) is 10.8. The first kappa shape index (κ1) is 15.8. The fourth-order valence-corrected chi connectivity index (χ4v) is 2.83. The molecule has 0 unspecified atom stereocenters. The molecule has 0 aromatic heterocycles. The molecule has 1 rings (SSSR count). The first-order chi connectivity index (χ1) is 8.83. The molecule has 0 bridgehead atoms.